The minimum Gasteiger partial charge on any atom is -0.508 e. The van der Waals surface area contributed by atoms with Crippen molar-refractivity contribution in [3.63, 3.8) is 0 Å². The molecule has 5 N–H and O–H groups in total. The second-order valence-electron chi connectivity index (χ2n) is 7.47. The highest BCUT2D eigenvalue weighted by atomic mass is 16.7. The van der Waals surface area contributed by atoms with Crippen LogP contribution in [-0.2, 0) is 14.3 Å². The number of methoxy groups -OCH3 is 1. The summed E-state index contributed by atoms with van der Waals surface area (Å²) in [5, 5.41) is 50.4. The third-order valence-electron chi connectivity index (χ3n) is 4.98. The van der Waals surface area contributed by atoms with E-state index < -0.39 is 42.5 Å². The van der Waals surface area contributed by atoms with E-state index in [4.69, 9.17) is 18.9 Å². The van der Waals surface area contributed by atoms with Gasteiger partial charge in [-0.15, -0.1) is 0 Å². The highest BCUT2D eigenvalue weighted by Gasteiger charge is 2.46. The average molecular weight is 464 g/mol. The average Bonchev–Trinajstić information content (AvgIpc) is 2.73. The monoisotopic (exact) mass is 464 g/mol. The lowest BCUT2D eigenvalue weighted by molar-refractivity contribution is -0.272. The molecule has 2 aromatic rings. The quantitative estimate of drug-likeness (QED) is 0.303. The molecule has 1 aliphatic heterocycles. The van der Waals surface area contributed by atoms with E-state index in [2.05, 4.69) is 0 Å². The number of phenols is 3. The van der Waals surface area contributed by atoms with Crippen LogP contribution in [0.1, 0.15) is 29.8 Å². The fourth-order valence-corrected chi connectivity index (χ4v) is 3.51. The number of ketones is 1. The van der Waals surface area contributed by atoms with Crippen LogP contribution in [0.2, 0.25) is 0 Å². The lowest BCUT2D eigenvalue weighted by Gasteiger charge is -2.40. The van der Waals surface area contributed by atoms with Gasteiger partial charge in [-0.1, -0.05) is 0 Å². The van der Waals surface area contributed by atoms with Crippen molar-refractivity contribution >= 4 is 11.8 Å². The van der Waals surface area contributed by atoms with Gasteiger partial charge in [-0.05, 0) is 19.1 Å². The van der Waals surface area contributed by atoms with Crippen LogP contribution in [-0.4, -0.2) is 75.1 Å². The fourth-order valence-electron chi connectivity index (χ4n) is 3.51. The minimum atomic E-state index is -1.69. The number of hydrogen-bond acceptors (Lipinski definition) is 11. The summed E-state index contributed by atoms with van der Waals surface area (Å²) < 4.78 is 21.4. The molecule has 1 saturated heterocycles. The molecule has 1 fully saturated rings. The lowest BCUT2D eigenvalue weighted by Crippen LogP contribution is -2.59. The van der Waals surface area contributed by atoms with Crippen molar-refractivity contribution in [3.05, 3.63) is 41.5 Å². The van der Waals surface area contributed by atoms with Crippen molar-refractivity contribution in [2.75, 3.05) is 7.11 Å². The summed E-state index contributed by atoms with van der Waals surface area (Å²) in [5.41, 5.74) is -0.324. The molecule has 3 rings (SSSR count). The Balaban J connectivity index is 1.99. The van der Waals surface area contributed by atoms with Crippen LogP contribution in [0.15, 0.2) is 30.3 Å². The third kappa shape index (κ3) is 5.11. The number of rotatable bonds is 6. The van der Waals surface area contributed by atoms with Crippen LogP contribution in [0, 0.1) is 0 Å². The van der Waals surface area contributed by atoms with Crippen LogP contribution in [0.5, 0.6) is 28.7 Å². The third-order valence-corrected chi connectivity index (χ3v) is 4.98. The molecule has 0 amide bonds. The Labute approximate surface area is 188 Å². The summed E-state index contributed by atoms with van der Waals surface area (Å²) in [6.07, 6.45) is -6.82. The van der Waals surface area contributed by atoms with E-state index in [1.54, 1.807) is 0 Å². The number of aliphatic hydroxyl groups is 2. The molecule has 0 aromatic heterocycles. The van der Waals surface area contributed by atoms with Gasteiger partial charge in [0.2, 0.25) is 12.1 Å². The Morgan fingerprint density at radius 2 is 1.48 bits per heavy atom. The molecule has 0 radical (unpaired) electrons. The maximum Gasteiger partial charge on any atom is 0.303 e. The molecule has 2 aromatic carbocycles. The van der Waals surface area contributed by atoms with Crippen molar-refractivity contribution in [1.29, 1.82) is 0 Å². The second-order valence-corrected chi connectivity index (χ2v) is 7.47. The van der Waals surface area contributed by atoms with Gasteiger partial charge in [-0.25, -0.2) is 0 Å². The Morgan fingerprint density at radius 3 is 2.06 bits per heavy atom. The highest BCUT2D eigenvalue weighted by molar-refractivity contribution is 6.13. The number of esters is 1. The van der Waals surface area contributed by atoms with Gasteiger partial charge in [0.15, 0.2) is 6.10 Å². The van der Waals surface area contributed by atoms with Gasteiger partial charge in [0, 0.05) is 30.7 Å². The summed E-state index contributed by atoms with van der Waals surface area (Å²) in [6, 6.07) is 5.48. The number of hydrogen-bond donors (Lipinski definition) is 5. The summed E-state index contributed by atoms with van der Waals surface area (Å²) in [5.74, 6) is -2.86. The number of carbonyl (C=O) groups excluding carboxylic acids is 2. The molecule has 11 nitrogen and oxygen atoms in total. The number of carbonyl (C=O) groups is 2. The number of aliphatic hydroxyl groups excluding tert-OH is 2. The molecule has 1 aliphatic rings. The van der Waals surface area contributed by atoms with Gasteiger partial charge >= 0.3 is 5.97 Å². The van der Waals surface area contributed by atoms with Gasteiger partial charge < -0.3 is 44.5 Å². The van der Waals surface area contributed by atoms with Crippen LogP contribution < -0.4 is 9.47 Å². The van der Waals surface area contributed by atoms with Gasteiger partial charge in [0.05, 0.1) is 13.2 Å². The smallest absolute Gasteiger partial charge is 0.303 e. The van der Waals surface area contributed by atoms with E-state index >= 15 is 0 Å². The molecule has 0 aliphatic carbocycles. The fraction of sp³-hybridized carbons (Fsp3) is 0.364. The van der Waals surface area contributed by atoms with E-state index in [0.29, 0.717) is 0 Å². The zero-order valence-corrected chi connectivity index (χ0v) is 18.0. The molecule has 33 heavy (non-hydrogen) atoms. The van der Waals surface area contributed by atoms with E-state index in [1.807, 2.05) is 0 Å². The largest absolute Gasteiger partial charge is 0.508 e. The van der Waals surface area contributed by atoms with Crippen molar-refractivity contribution in [3.8, 4) is 28.7 Å². The molecule has 0 spiro atoms. The Bertz CT molecular complexity index is 1030. The van der Waals surface area contributed by atoms with E-state index in [1.165, 1.54) is 14.0 Å². The summed E-state index contributed by atoms with van der Waals surface area (Å²) in [6.45, 7) is 2.63. The molecule has 0 bridgehead atoms. The van der Waals surface area contributed by atoms with E-state index in [-0.39, 0.29) is 39.9 Å². The maximum atomic E-state index is 13.2. The van der Waals surface area contributed by atoms with Crippen molar-refractivity contribution in [2.45, 2.75) is 44.6 Å². The molecular formula is C22H24O11. The summed E-state index contributed by atoms with van der Waals surface area (Å²) in [7, 11) is 1.25. The van der Waals surface area contributed by atoms with Crippen molar-refractivity contribution < 1.29 is 54.1 Å². The Morgan fingerprint density at radius 1 is 0.909 bits per heavy atom. The number of phenolic OH excluding ortho intramolecular Hbond substituents is 3. The first-order chi connectivity index (χ1) is 15.5. The van der Waals surface area contributed by atoms with Gasteiger partial charge in [0.25, 0.3) is 0 Å². The number of ether oxygens (including phenoxy) is 4. The van der Waals surface area contributed by atoms with Gasteiger partial charge in [-0.2, -0.15) is 0 Å². The first-order valence-electron chi connectivity index (χ1n) is 9.86. The van der Waals surface area contributed by atoms with Gasteiger partial charge in [-0.3, -0.25) is 9.59 Å². The minimum absolute atomic E-state index is 0.102. The standard InChI is InChI=1S/C22H24O11/c1-9-21(32-10(2)23)19(28)20(29)22(31-9)33-16-8-14(26)7-15(30-3)17(16)18(27)11-4-12(24)6-13(25)5-11/h4-9,19-22,24-26,28-29H,1-3H3/t9-,19-,20+,21-,22-/m0/s1. The molecule has 1 heterocycles. The normalized spacial score (nSPS) is 24.7. The van der Waals surface area contributed by atoms with E-state index in [0.717, 1.165) is 37.3 Å². The van der Waals surface area contributed by atoms with Gasteiger partial charge in [0.1, 0.15) is 46.5 Å². The molecular weight excluding hydrogens is 440 g/mol. The molecule has 178 valence electrons. The topological polar surface area (TPSA) is 172 Å². The summed E-state index contributed by atoms with van der Waals surface area (Å²) in [4.78, 5) is 24.5. The lowest BCUT2D eigenvalue weighted by atomic mass is 9.98. The Hall–Kier alpha value is -3.54. The van der Waals surface area contributed by atoms with Crippen LogP contribution in [0.3, 0.4) is 0 Å². The second kappa shape index (κ2) is 9.53. The van der Waals surface area contributed by atoms with E-state index in [9.17, 15) is 35.1 Å². The number of aromatic hydroxyl groups is 3. The van der Waals surface area contributed by atoms with Crippen LogP contribution in [0.25, 0.3) is 0 Å². The van der Waals surface area contributed by atoms with Crippen LogP contribution in [0.4, 0.5) is 0 Å². The molecule has 0 saturated carbocycles. The molecule has 11 heteroatoms. The SMILES string of the molecule is COc1cc(O)cc(O[C@@H]2O[C@@H](C)[C@H](OC(C)=O)[C@@H](O)[C@H]2O)c1C(=O)c1cc(O)cc(O)c1. The Kier molecular flexibility index (Phi) is 6.96. The first kappa shape index (κ1) is 24.1. The maximum absolute atomic E-state index is 13.2. The number of benzene rings is 2. The zero-order chi connectivity index (χ0) is 24.4. The predicted octanol–water partition coefficient (Wildman–Crippen LogP) is 0.820. The van der Waals surface area contributed by atoms with Crippen molar-refractivity contribution in [2.24, 2.45) is 0 Å². The predicted molar refractivity (Wildman–Crippen MR) is 110 cm³/mol. The van der Waals surface area contributed by atoms with Crippen LogP contribution >= 0.6 is 0 Å². The summed E-state index contributed by atoms with van der Waals surface area (Å²) >= 11 is 0. The highest BCUT2D eigenvalue weighted by Crippen LogP contribution is 2.38. The molecule has 0 unspecified atom stereocenters. The zero-order valence-electron chi connectivity index (χ0n) is 18.0. The first-order valence-corrected chi connectivity index (χ1v) is 9.86. The molecule has 5 atom stereocenters. The van der Waals surface area contributed by atoms with Crippen molar-refractivity contribution in [1.82, 2.24) is 0 Å².